The Hall–Kier alpha value is -3.81. The van der Waals surface area contributed by atoms with Crippen LogP contribution >= 0.6 is 0 Å². The molecule has 1 heterocycles. The molecular formula is C48H69NO7. The van der Waals surface area contributed by atoms with E-state index in [-0.39, 0.29) is 40.8 Å². The van der Waals surface area contributed by atoms with Gasteiger partial charge in [0.2, 0.25) is 0 Å². The number of esters is 2. The van der Waals surface area contributed by atoms with Gasteiger partial charge in [0.15, 0.2) is 5.78 Å². The molecule has 0 aromatic carbocycles. The number of epoxide rings is 1. The first-order chi connectivity index (χ1) is 25.9. The fourth-order valence-corrected chi connectivity index (χ4v) is 8.59. The summed E-state index contributed by atoms with van der Waals surface area (Å²) < 4.78 is 17.7. The molecular weight excluding hydrogens is 703 g/mol. The van der Waals surface area contributed by atoms with E-state index in [2.05, 4.69) is 31.4 Å². The zero-order chi connectivity index (χ0) is 42.1. The number of rotatable bonds is 16. The molecule has 0 amide bonds. The Kier molecular flexibility index (Phi) is 15.9. The van der Waals surface area contributed by atoms with Crippen LogP contribution in [0.15, 0.2) is 100 Å². The van der Waals surface area contributed by atoms with Crippen molar-refractivity contribution in [2.75, 3.05) is 20.6 Å². The van der Waals surface area contributed by atoms with Crippen LogP contribution in [0.4, 0.5) is 0 Å². The van der Waals surface area contributed by atoms with Crippen molar-refractivity contribution in [2.45, 2.75) is 150 Å². The number of hydrogen-bond acceptors (Lipinski definition) is 8. The van der Waals surface area contributed by atoms with Gasteiger partial charge in [-0.1, -0.05) is 99.6 Å². The number of aliphatic hydroxyl groups is 1. The van der Waals surface area contributed by atoms with E-state index < -0.39 is 16.8 Å². The predicted octanol–water partition coefficient (Wildman–Crippen LogP) is 9.58. The van der Waals surface area contributed by atoms with Gasteiger partial charge in [-0.3, -0.25) is 14.4 Å². The van der Waals surface area contributed by atoms with Crippen molar-refractivity contribution in [1.29, 1.82) is 0 Å². The number of ketones is 1. The maximum Gasteiger partial charge on any atom is 0.306 e. The van der Waals surface area contributed by atoms with Crippen LogP contribution in [0.1, 0.15) is 121 Å². The molecule has 0 spiro atoms. The van der Waals surface area contributed by atoms with Gasteiger partial charge in [-0.2, -0.15) is 0 Å². The molecule has 0 aromatic heterocycles. The summed E-state index contributed by atoms with van der Waals surface area (Å²) in [7, 11) is 3.99. The number of Topliss-reactive ketones (excluding diaryl/α,β-unsaturated/α-hetero) is 1. The van der Waals surface area contributed by atoms with Crippen LogP contribution in [-0.2, 0) is 28.6 Å². The molecule has 0 bridgehead atoms. The Morgan fingerprint density at radius 3 is 1.91 bits per heavy atom. The Morgan fingerprint density at radius 2 is 1.36 bits per heavy atom. The average Bonchev–Trinajstić information content (AvgIpc) is 3.66. The van der Waals surface area contributed by atoms with Crippen LogP contribution in [0.2, 0.25) is 0 Å². The fraction of sp³-hybridized carbons (Fsp3) is 0.583. The molecule has 2 saturated carbocycles. The lowest BCUT2D eigenvalue weighted by atomic mass is 9.61. The first-order valence-electron chi connectivity index (χ1n) is 20.1. The highest BCUT2D eigenvalue weighted by Gasteiger charge is 2.76. The summed E-state index contributed by atoms with van der Waals surface area (Å²) in [5, 5.41) is 11.2. The van der Waals surface area contributed by atoms with Gasteiger partial charge in [-0.25, -0.2) is 0 Å². The summed E-state index contributed by atoms with van der Waals surface area (Å²) in [5.41, 5.74) is 5.12. The normalized spacial score (nSPS) is 29.4. The molecule has 4 unspecified atom stereocenters. The summed E-state index contributed by atoms with van der Waals surface area (Å²) in [6.45, 7) is 22.3. The number of fused-ring (bicyclic) bond motifs is 1. The number of carbonyl (C=O) groups is 3. The van der Waals surface area contributed by atoms with Gasteiger partial charge in [-0.15, -0.1) is 5.73 Å². The molecule has 8 heteroatoms. The molecule has 1 N–H and O–H groups in total. The molecule has 3 rings (SSSR count). The molecule has 3 fully saturated rings. The zero-order valence-electron chi connectivity index (χ0n) is 36.5. The highest BCUT2D eigenvalue weighted by molar-refractivity contribution is 5.96. The maximum absolute atomic E-state index is 13.4. The zero-order valence-corrected chi connectivity index (χ0v) is 36.5. The van der Waals surface area contributed by atoms with Crippen LogP contribution < -0.4 is 0 Å². The highest BCUT2D eigenvalue weighted by atomic mass is 16.6. The van der Waals surface area contributed by atoms with E-state index in [9.17, 15) is 19.5 Å². The van der Waals surface area contributed by atoms with Crippen molar-refractivity contribution in [3.05, 3.63) is 100 Å². The third-order valence-electron chi connectivity index (χ3n) is 11.4. The monoisotopic (exact) mass is 772 g/mol. The SMILES string of the molecule is CC(=O)OC1CC(C)(C)C(=C=CC(C)=CC=CC(C)=CC=CC=C(C)C=CC=C(C)C(=O)CC23OC2(C)CC(OC(=O)CCCN(C)C)CC3(C)C)[C@](C)(O)C1. The summed E-state index contributed by atoms with van der Waals surface area (Å²) in [4.78, 5) is 39.5. The van der Waals surface area contributed by atoms with Crippen molar-refractivity contribution < 1.29 is 33.7 Å². The smallest absolute Gasteiger partial charge is 0.306 e. The summed E-state index contributed by atoms with van der Waals surface area (Å²) in [6.07, 6.45) is 24.9. The van der Waals surface area contributed by atoms with Crippen molar-refractivity contribution in [3.63, 3.8) is 0 Å². The molecule has 5 atom stereocenters. The maximum atomic E-state index is 13.4. The van der Waals surface area contributed by atoms with E-state index in [0.29, 0.717) is 44.1 Å². The van der Waals surface area contributed by atoms with Gasteiger partial charge in [0, 0.05) is 43.6 Å². The fourth-order valence-electron chi connectivity index (χ4n) is 8.59. The van der Waals surface area contributed by atoms with Crippen LogP contribution in [0.25, 0.3) is 0 Å². The Morgan fingerprint density at radius 1 is 0.786 bits per heavy atom. The minimum absolute atomic E-state index is 0.0656. The molecule has 8 nitrogen and oxygen atoms in total. The van der Waals surface area contributed by atoms with Crippen molar-refractivity contribution in [1.82, 2.24) is 4.90 Å². The first-order valence-corrected chi connectivity index (χ1v) is 20.1. The second kappa shape index (κ2) is 19.1. The van der Waals surface area contributed by atoms with Crippen molar-refractivity contribution >= 4 is 17.7 Å². The molecule has 0 radical (unpaired) electrons. The average molecular weight is 772 g/mol. The van der Waals surface area contributed by atoms with E-state index in [0.717, 1.165) is 35.3 Å². The second-order valence-corrected chi connectivity index (χ2v) is 18.2. The van der Waals surface area contributed by atoms with Gasteiger partial charge in [0.05, 0.1) is 11.2 Å². The van der Waals surface area contributed by atoms with E-state index in [1.54, 1.807) is 6.92 Å². The second-order valence-electron chi connectivity index (χ2n) is 18.2. The van der Waals surface area contributed by atoms with Gasteiger partial charge in [-0.05, 0) is 104 Å². The highest BCUT2D eigenvalue weighted by Crippen LogP contribution is 2.67. The van der Waals surface area contributed by atoms with Crippen LogP contribution in [0, 0.1) is 10.8 Å². The van der Waals surface area contributed by atoms with Crippen molar-refractivity contribution in [2.24, 2.45) is 10.8 Å². The number of ether oxygens (including phenoxy) is 3. The van der Waals surface area contributed by atoms with Gasteiger partial charge < -0.3 is 24.2 Å². The van der Waals surface area contributed by atoms with Crippen LogP contribution in [-0.4, -0.2) is 77.4 Å². The lowest BCUT2D eigenvalue weighted by Gasteiger charge is -2.44. The standard InChI is InChI=1S/C48H69NO7/c1-34(21-16-22-36(3)26-27-42-44(6,7)29-39(54-38(5)50)31-46(42,10)53)19-14-15-20-35(2)23-17-24-37(4)41(51)33-48-45(8,9)30-40(32-47(48,11)56-48)55-43(52)25-18-28-49(12)13/h14-17,19-24,26,39-40,53H,18,25,28-33H2,1-13H3/t27?,39?,40?,46-,47?,48?/m1/s1. The Bertz CT molecular complexity index is 1730. The minimum Gasteiger partial charge on any atom is -0.462 e. The topological polar surface area (TPSA) is 106 Å². The summed E-state index contributed by atoms with van der Waals surface area (Å²) in [5.74, 6) is -0.426. The lowest BCUT2D eigenvalue weighted by Crippen LogP contribution is -2.49. The van der Waals surface area contributed by atoms with E-state index in [1.165, 1.54) is 6.92 Å². The van der Waals surface area contributed by atoms with E-state index in [4.69, 9.17) is 14.2 Å². The van der Waals surface area contributed by atoms with Gasteiger partial charge in [0.25, 0.3) is 0 Å². The molecule has 3 aliphatic rings. The number of hydrogen-bond donors (Lipinski definition) is 1. The summed E-state index contributed by atoms with van der Waals surface area (Å²) in [6, 6.07) is 0. The first kappa shape index (κ1) is 46.6. The third-order valence-corrected chi connectivity index (χ3v) is 11.4. The lowest BCUT2D eigenvalue weighted by molar-refractivity contribution is -0.154. The Balaban J connectivity index is 1.52. The van der Waals surface area contributed by atoms with E-state index >= 15 is 0 Å². The molecule has 1 aliphatic heterocycles. The number of nitrogens with zero attached hydrogens (tertiary/aromatic N) is 1. The molecule has 0 aromatic rings. The molecule has 2 aliphatic carbocycles. The van der Waals surface area contributed by atoms with Crippen LogP contribution in [0.3, 0.4) is 0 Å². The number of carbonyl (C=O) groups excluding carboxylic acids is 3. The van der Waals surface area contributed by atoms with Crippen molar-refractivity contribution in [3.8, 4) is 0 Å². The molecule has 1 saturated heterocycles. The third kappa shape index (κ3) is 12.9. The predicted molar refractivity (Wildman–Crippen MR) is 226 cm³/mol. The minimum atomic E-state index is -1.11. The molecule has 308 valence electrons. The number of allylic oxidation sites excluding steroid dienone is 14. The quantitative estimate of drug-likeness (QED) is 0.0544. The van der Waals surface area contributed by atoms with E-state index in [1.807, 2.05) is 122 Å². The van der Waals surface area contributed by atoms with Gasteiger partial charge in [0.1, 0.15) is 17.8 Å². The largest absolute Gasteiger partial charge is 0.462 e. The van der Waals surface area contributed by atoms with Crippen LogP contribution in [0.5, 0.6) is 0 Å². The summed E-state index contributed by atoms with van der Waals surface area (Å²) >= 11 is 0. The van der Waals surface area contributed by atoms with Gasteiger partial charge >= 0.3 is 11.9 Å². The molecule has 56 heavy (non-hydrogen) atoms. The Labute approximate surface area is 337 Å².